The van der Waals surface area contributed by atoms with E-state index in [0.29, 0.717) is 19.0 Å². The largest absolute Gasteiger partial charge is 0.481 e. The van der Waals surface area contributed by atoms with Gasteiger partial charge in [0, 0.05) is 51.0 Å². The van der Waals surface area contributed by atoms with Gasteiger partial charge in [0.25, 0.3) is 0 Å². The maximum atomic E-state index is 9.27. The van der Waals surface area contributed by atoms with Crippen molar-refractivity contribution in [2.75, 3.05) is 40.5 Å². The molecular formula is C16H27IN4O3. The Morgan fingerprint density at radius 2 is 2.33 bits per heavy atom. The molecule has 1 atom stereocenters. The number of methoxy groups -OCH3 is 1. The van der Waals surface area contributed by atoms with Gasteiger partial charge in [-0.1, -0.05) is 0 Å². The van der Waals surface area contributed by atoms with E-state index in [1.54, 1.807) is 20.4 Å². The summed E-state index contributed by atoms with van der Waals surface area (Å²) in [5, 5.41) is 15.9. The van der Waals surface area contributed by atoms with Crippen molar-refractivity contribution in [2.45, 2.75) is 19.4 Å². The van der Waals surface area contributed by atoms with Crippen molar-refractivity contribution in [3.8, 4) is 5.88 Å². The smallest absolute Gasteiger partial charge is 0.213 e. The fourth-order valence-corrected chi connectivity index (χ4v) is 2.66. The van der Waals surface area contributed by atoms with Gasteiger partial charge >= 0.3 is 0 Å². The number of guanidine groups is 1. The van der Waals surface area contributed by atoms with Crippen molar-refractivity contribution in [1.82, 2.24) is 15.6 Å². The third-order valence-corrected chi connectivity index (χ3v) is 4.15. The zero-order chi connectivity index (χ0) is 16.5. The van der Waals surface area contributed by atoms with Crippen molar-refractivity contribution in [1.29, 1.82) is 0 Å². The molecule has 0 aromatic carbocycles. The molecule has 0 bridgehead atoms. The second-order valence-corrected chi connectivity index (χ2v) is 5.76. The van der Waals surface area contributed by atoms with Crippen LogP contribution in [0.2, 0.25) is 0 Å². The number of aliphatic imine (C=N–C) groups is 1. The highest BCUT2D eigenvalue weighted by Crippen LogP contribution is 2.31. The first kappa shape index (κ1) is 20.9. The molecule has 0 radical (unpaired) electrons. The highest BCUT2D eigenvalue weighted by Gasteiger charge is 2.34. The molecule has 2 heterocycles. The van der Waals surface area contributed by atoms with Gasteiger partial charge in [0.05, 0.1) is 13.7 Å². The lowest BCUT2D eigenvalue weighted by atomic mass is 9.84. The molecule has 1 saturated heterocycles. The Morgan fingerprint density at radius 1 is 1.50 bits per heavy atom. The highest BCUT2D eigenvalue weighted by atomic mass is 127. The van der Waals surface area contributed by atoms with Crippen LogP contribution in [-0.2, 0) is 11.3 Å². The van der Waals surface area contributed by atoms with Crippen molar-refractivity contribution < 1.29 is 14.6 Å². The molecule has 2 rings (SSSR count). The molecule has 7 nitrogen and oxygen atoms in total. The Balaban J connectivity index is 0.00000288. The van der Waals surface area contributed by atoms with Crippen LogP contribution in [0.1, 0.15) is 18.4 Å². The quantitative estimate of drug-likeness (QED) is 0.329. The van der Waals surface area contributed by atoms with Gasteiger partial charge in [0.2, 0.25) is 5.88 Å². The molecule has 136 valence electrons. The lowest BCUT2D eigenvalue weighted by Gasteiger charge is -2.27. The maximum Gasteiger partial charge on any atom is 0.213 e. The molecule has 1 aliphatic heterocycles. The fraction of sp³-hybridized carbons (Fsp3) is 0.625. The Labute approximate surface area is 160 Å². The van der Waals surface area contributed by atoms with Crippen LogP contribution in [0.3, 0.4) is 0 Å². The third-order valence-electron chi connectivity index (χ3n) is 4.15. The Hall–Kier alpha value is -1.13. The molecule has 24 heavy (non-hydrogen) atoms. The van der Waals surface area contributed by atoms with Crippen molar-refractivity contribution >= 4 is 29.9 Å². The Kier molecular flexibility index (Phi) is 9.30. The zero-order valence-corrected chi connectivity index (χ0v) is 16.6. The number of rotatable bonds is 7. The molecule has 1 aromatic rings. The lowest BCUT2D eigenvalue weighted by molar-refractivity contribution is 0.127. The number of pyridine rings is 1. The summed E-state index contributed by atoms with van der Waals surface area (Å²) in [4.78, 5) is 8.33. The summed E-state index contributed by atoms with van der Waals surface area (Å²) in [6, 6.07) is 3.82. The second kappa shape index (κ2) is 10.7. The lowest BCUT2D eigenvalue weighted by Crippen LogP contribution is -2.44. The minimum absolute atomic E-state index is 0. The first-order chi connectivity index (χ1) is 11.2. The van der Waals surface area contributed by atoms with Crippen LogP contribution < -0.4 is 15.4 Å². The first-order valence-corrected chi connectivity index (χ1v) is 7.83. The molecule has 1 unspecified atom stereocenters. The van der Waals surface area contributed by atoms with E-state index >= 15 is 0 Å². The minimum atomic E-state index is -0.00768. The van der Waals surface area contributed by atoms with Crippen LogP contribution in [0.25, 0.3) is 0 Å². The van der Waals surface area contributed by atoms with E-state index in [-0.39, 0.29) is 36.0 Å². The molecule has 0 amide bonds. The van der Waals surface area contributed by atoms with E-state index in [1.807, 2.05) is 12.1 Å². The summed E-state index contributed by atoms with van der Waals surface area (Å²) < 4.78 is 10.6. The number of aliphatic hydroxyl groups excluding tert-OH is 1. The predicted octanol–water partition coefficient (Wildman–Crippen LogP) is 1.16. The van der Waals surface area contributed by atoms with Gasteiger partial charge in [0.1, 0.15) is 0 Å². The van der Waals surface area contributed by atoms with E-state index in [1.165, 1.54) is 0 Å². The van der Waals surface area contributed by atoms with Gasteiger partial charge in [-0.05, 0) is 24.5 Å². The van der Waals surface area contributed by atoms with Crippen LogP contribution in [0, 0.1) is 5.41 Å². The van der Waals surface area contributed by atoms with E-state index in [2.05, 4.69) is 20.6 Å². The molecule has 3 N–H and O–H groups in total. The van der Waals surface area contributed by atoms with E-state index in [0.717, 1.165) is 37.5 Å². The number of aromatic nitrogens is 1. The van der Waals surface area contributed by atoms with Crippen molar-refractivity contribution in [3.63, 3.8) is 0 Å². The zero-order valence-electron chi connectivity index (χ0n) is 14.2. The highest BCUT2D eigenvalue weighted by molar-refractivity contribution is 14.0. The summed E-state index contributed by atoms with van der Waals surface area (Å²) in [6.07, 6.45) is 3.41. The van der Waals surface area contributed by atoms with Gasteiger partial charge in [0.15, 0.2) is 5.96 Å². The molecule has 1 aliphatic rings. The minimum Gasteiger partial charge on any atom is -0.481 e. The van der Waals surface area contributed by atoms with Crippen LogP contribution in [-0.4, -0.2) is 56.6 Å². The summed E-state index contributed by atoms with van der Waals surface area (Å²) in [5.74, 6) is 1.32. The number of hydrogen-bond acceptors (Lipinski definition) is 5. The Morgan fingerprint density at radius 3 is 2.96 bits per heavy atom. The number of hydrogen-bond donors (Lipinski definition) is 3. The monoisotopic (exact) mass is 450 g/mol. The maximum absolute atomic E-state index is 9.27. The van der Waals surface area contributed by atoms with Crippen LogP contribution in [0.4, 0.5) is 0 Å². The topological polar surface area (TPSA) is 88.0 Å². The molecule has 0 spiro atoms. The summed E-state index contributed by atoms with van der Waals surface area (Å²) in [7, 11) is 3.34. The predicted molar refractivity (Wildman–Crippen MR) is 104 cm³/mol. The second-order valence-electron chi connectivity index (χ2n) is 5.76. The third kappa shape index (κ3) is 6.06. The van der Waals surface area contributed by atoms with Crippen LogP contribution in [0.5, 0.6) is 5.88 Å². The number of nitrogens with one attached hydrogen (secondary N) is 2. The fourth-order valence-electron chi connectivity index (χ4n) is 2.66. The molecule has 1 fully saturated rings. The normalized spacial score (nSPS) is 20.4. The summed E-state index contributed by atoms with van der Waals surface area (Å²) >= 11 is 0. The average molecular weight is 450 g/mol. The van der Waals surface area contributed by atoms with Crippen molar-refractivity contribution in [3.05, 3.63) is 23.9 Å². The molecule has 8 heteroatoms. The molecular weight excluding hydrogens is 423 g/mol. The summed E-state index contributed by atoms with van der Waals surface area (Å²) in [5.41, 5.74) is 1.06. The molecule has 1 aromatic heterocycles. The van der Waals surface area contributed by atoms with Gasteiger partial charge < -0.3 is 25.2 Å². The number of halogens is 1. The molecule has 0 aliphatic carbocycles. The van der Waals surface area contributed by atoms with Gasteiger partial charge in [-0.2, -0.15) is 0 Å². The average Bonchev–Trinajstić information content (AvgIpc) is 3.04. The van der Waals surface area contributed by atoms with E-state index in [9.17, 15) is 5.11 Å². The van der Waals surface area contributed by atoms with Crippen LogP contribution in [0.15, 0.2) is 23.3 Å². The summed E-state index contributed by atoms with van der Waals surface area (Å²) in [6.45, 7) is 2.96. The number of ether oxygens (including phenoxy) is 2. The number of nitrogens with zero attached hydrogens (tertiary/aromatic N) is 2. The standard InChI is InChI=1S/C16H26N4O3.HI/c1-17-15(19-10-13-3-6-18-14(9-13)22-2)20-11-16(4-7-21)5-8-23-12-16;/h3,6,9,21H,4-5,7-8,10-12H2,1-2H3,(H2,17,19,20);1H. The van der Waals surface area contributed by atoms with E-state index in [4.69, 9.17) is 9.47 Å². The molecule has 0 saturated carbocycles. The SMILES string of the molecule is CN=C(NCc1ccnc(OC)c1)NCC1(CCO)CCOC1.I. The Bertz CT molecular complexity index is 522. The van der Waals surface area contributed by atoms with Gasteiger partial charge in [-0.25, -0.2) is 4.98 Å². The van der Waals surface area contributed by atoms with Gasteiger partial charge in [-0.15, -0.1) is 24.0 Å². The van der Waals surface area contributed by atoms with Crippen LogP contribution >= 0.6 is 24.0 Å². The van der Waals surface area contributed by atoms with Crippen molar-refractivity contribution in [2.24, 2.45) is 10.4 Å². The van der Waals surface area contributed by atoms with E-state index < -0.39 is 0 Å². The number of aliphatic hydroxyl groups is 1. The van der Waals surface area contributed by atoms with Gasteiger partial charge in [-0.3, -0.25) is 4.99 Å². The first-order valence-electron chi connectivity index (χ1n) is 7.83.